The zero-order valence-electron chi connectivity index (χ0n) is 19.6. The van der Waals surface area contributed by atoms with Gasteiger partial charge in [-0.3, -0.25) is 9.59 Å². The second-order valence-corrected chi connectivity index (χ2v) is 12.3. The highest BCUT2D eigenvalue weighted by molar-refractivity contribution is 6.38. The largest absolute Gasteiger partial charge is 0.291 e. The Morgan fingerprint density at radius 1 is 0.862 bits per heavy atom. The number of hydrogen-bond acceptors (Lipinski definition) is 2. The van der Waals surface area contributed by atoms with Crippen LogP contribution in [0.4, 0.5) is 0 Å². The quantitative estimate of drug-likeness (QED) is 0.473. The summed E-state index contributed by atoms with van der Waals surface area (Å²) in [6.45, 7) is 12.2. The van der Waals surface area contributed by atoms with Crippen molar-refractivity contribution in [1.29, 1.82) is 0 Å². The zero-order valence-corrected chi connectivity index (χ0v) is 19.6. The second kappa shape index (κ2) is 7.79. The average Bonchev–Trinajstić information content (AvgIpc) is 3.02. The molecular weight excluding hydrogens is 356 g/mol. The molecule has 4 saturated carbocycles. The van der Waals surface area contributed by atoms with E-state index in [1.165, 1.54) is 51.4 Å². The predicted octanol–water partition coefficient (Wildman–Crippen LogP) is 6.86. The van der Waals surface area contributed by atoms with Crippen LogP contribution in [-0.2, 0) is 9.59 Å². The molecule has 4 aliphatic carbocycles. The minimum absolute atomic E-state index is 0.0198. The molecule has 0 aromatic carbocycles. The van der Waals surface area contributed by atoms with Crippen molar-refractivity contribution < 1.29 is 9.59 Å². The first kappa shape index (κ1) is 21.6. The number of carbonyl (C=O) groups is 2. The molecule has 4 rings (SSSR count). The fourth-order valence-corrected chi connectivity index (χ4v) is 8.97. The second-order valence-electron chi connectivity index (χ2n) is 12.3. The molecule has 0 radical (unpaired) electrons. The molecule has 4 aliphatic rings. The molecule has 8 atom stereocenters. The van der Waals surface area contributed by atoms with E-state index in [1.807, 2.05) is 0 Å². The summed E-state index contributed by atoms with van der Waals surface area (Å²) in [4.78, 5) is 24.8. The third-order valence-corrected chi connectivity index (χ3v) is 10.6. The Morgan fingerprint density at radius 2 is 1.59 bits per heavy atom. The van der Waals surface area contributed by atoms with E-state index >= 15 is 0 Å². The van der Waals surface area contributed by atoms with Gasteiger partial charge in [-0.1, -0.05) is 53.9 Å². The van der Waals surface area contributed by atoms with E-state index in [9.17, 15) is 9.59 Å². The molecule has 4 fully saturated rings. The molecule has 2 nitrogen and oxygen atoms in total. The Hall–Kier alpha value is -0.660. The van der Waals surface area contributed by atoms with Gasteiger partial charge in [0.15, 0.2) is 5.78 Å². The van der Waals surface area contributed by atoms with Gasteiger partial charge in [-0.15, -0.1) is 0 Å². The van der Waals surface area contributed by atoms with Crippen molar-refractivity contribution in [3.8, 4) is 0 Å². The van der Waals surface area contributed by atoms with Crippen molar-refractivity contribution in [2.45, 2.75) is 105 Å². The lowest BCUT2D eigenvalue weighted by Crippen LogP contribution is -2.56. The van der Waals surface area contributed by atoms with Gasteiger partial charge in [0, 0.05) is 12.3 Å². The molecule has 164 valence electrons. The van der Waals surface area contributed by atoms with Crippen molar-refractivity contribution >= 4 is 11.6 Å². The lowest BCUT2D eigenvalue weighted by molar-refractivity contribution is -0.158. The number of fused-ring (bicyclic) bond motifs is 5. The van der Waals surface area contributed by atoms with Gasteiger partial charge in [0.2, 0.25) is 5.78 Å². The lowest BCUT2D eigenvalue weighted by Gasteiger charge is -2.60. The Morgan fingerprint density at radius 3 is 2.31 bits per heavy atom. The van der Waals surface area contributed by atoms with Crippen LogP contribution in [0.3, 0.4) is 0 Å². The van der Waals surface area contributed by atoms with Crippen LogP contribution in [0.25, 0.3) is 0 Å². The first-order valence-electron chi connectivity index (χ1n) is 12.8. The number of ketones is 2. The van der Waals surface area contributed by atoms with Crippen molar-refractivity contribution in [3.63, 3.8) is 0 Å². The maximum absolute atomic E-state index is 12.7. The normalized spacial score (nSPS) is 45.7. The molecule has 0 N–H and O–H groups in total. The molecule has 0 aliphatic heterocycles. The van der Waals surface area contributed by atoms with Gasteiger partial charge in [-0.25, -0.2) is 0 Å². The summed E-state index contributed by atoms with van der Waals surface area (Å²) in [5.41, 5.74) is 0.603. The number of hydrogen-bond donors (Lipinski definition) is 0. The van der Waals surface area contributed by atoms with Gasteiger partial charge < -0.3 is 0 Å². The SMILES string of the molecule is CC(C)CCCC(C)C1CCC2C3CCC4C(=O)C(=O)CCC4(C)C3CCC12C. The summed E-state index contributed by atoms with van der Waals surface area (Å²) in [6, 6.07) is 0. The number of Topliss-reactive ketones (excluding diaryl/α,β-unsaturated/α-hetero) is 2. The maximum atomic E-state index is 12.7. The van der Waals surface area contributed by atoms with Crippen LogP contribution in [0.2, 0.25) is 0 Å². The van der Waals surface area contributed by atoms with Gasteiger partial charge in [0.25, 0.3) is 0 Å². The monoisotopic (exact) mass is 400 g/mol. The highest BCUT2D eigenvalue weighted by Crippen LogP contribution is 2.67. The van der Waals surface area contributed by atoms with Crippen molar-refractivity contribution in [2.75, 3.05) is 0 Å². The van der Waals surface area contributed by atoms with E-state index < -0.39 is 0 Å². The third-order valence-electron chi connectivity index (χ3n) is 10.6. The molecule has 0 amide bonds. The number of carbonyl (C=O) groups excluding carboxylic acids is 2. The number of rotatable bonds is 5. The van der Waals surface area contributed by atoms with Gasteiger partial charge in [-0.2, -0.15) is 0 Å². The van der Waals surface area contributed by atoms with Crippen LogP contribution in [0.5, 0.6) is 0 Å². The lowest BCUT2D eigenvalue weighted by atomic mass is 9.44. The van der Waals surface area contributed by atoms with E-state index in [1.54, 1.807) is 0 Å². The van der Waals surface area contributed by atoms with Crippen molar-refractivity contribution in [2.24, 2.45) is 52.3 Å². The minimum atomic E-state index is -0.0808. The first-order valence-corrected chi connectivity index (χ1v) is 12.8. The Bertz CT molecular complexity index is 651. The topological polar surface area (TPSA) is 34.1 Å². The molecule has 29 heavy (non-hydrogen) atoms. The molecule has 0 aromatic heterocycles. The standard InChI is InChI=1S/C27H44O2/c1-17(2)7-6-8-18(3)20-11-12-21-19-9-10-23-25(29)24(28)14-16-27(23,5)22(19)13-15-26(20,21)4/h17-23H,6-16H2,1-5H3. The van der Waals surface area contributed by atoms with Crippen LogP contribution in [0, 0.1) is 52.3 Å². The van der Waals surface area contributed by atoms with Crippen LogP contribution in [-0.4, -0.2) is 11.6 Å². The van der Waals surface area contributed by atoms with E-state index in [4.69, 9.17) is 0 Å². The first-order chi connectivity index (χ1) is 13.7. The molecular formula is C27H44O2. The van der Waals surface area contributed by atoms with Gasteiger partial charge in [-0.05, 0) is 91.3 Å². The summed E-state index contributed by atoms with van der Waals surface area (Å²) in [5, 5.41) is 0. The summed E-state index contributed by atoms with van der Waals surface area (Å²) in [5.74, 6) is 4.81. The maximum Gasteiger partial charge on any atom is 0.201 e. The van der Waals surface area contributed by atoms with Crippen LogP contribution in [0.15, 0.2) is 0 Å². The molecule has 0 aromatic rings. The van der Waals surface area contributed by atoms with Crippen LogP contribution < -0.4 is 0 Å². The van der Waals surface area contributed by atoms with Crippen LogP contribution >= 0.6 is 0 Å². The molecule has 0 saturated heterocycles. The van der Waals surface area contributed by atoms with E-state index in [2.05, 4.69) is 34.6 Å². The summed E-state index contributed by atoms with van der Waals surface area (Å²) in [6.07, 6.45) is 13.3. The predicted molar refractivity (Wildman–Crippen MR) is 118 cm³/mol. The fourth-order valence-electron chi connectivity index (χ4n) is 8.97. The van der Waals surface area contributed by atoms with E-state index in [-0.39, 0.29) is 22.9 Å². The van der Waals surface area contributed by atoms with Crippen LogP contribution in [0.1, 0.15) is 105 Å². The van der Waals surface area contributed by atoms with Gasteiger partial charge >= 0.3 is 0 Å². The van der Waals surface area contributed by atoms with Crippen molar-refractivity contribution in [1.82, 2.24) is 0 Å². The highest BCUT2D eigenvalue weighted by Gasteiger charge is 2.62. The van der Waals surface area contributed by atoms with Gasteiger partial charge in [0.05, 0.1) is 0 Å². The smallest absolute Gasteiger partial charge is 0.201 e. The summed E-state index contributed by atoms with van der Waals surface area (Å²) < 4.78 is 0. The highest BCUT2D eigenvalue weighted by atomic mass is 16.2. The van der Waals surface area contributed by atoms with Crippen molar-refractivity contribution in [3.05, 3.63) is 0 Å². The summed E-state index contributed by atoms with van der Waals surface area (Å²) in [7, 11) is 0. The molecule has 8 unspecified atom stereocenters. The van der Waals surface area contributed by atoms with E-state index in [0.29, 0.717) is 17.8 Å². The molecule has 2 heteroatoms. The Labute approximate surface area is 179 Å². The summed E-state index contributed by atoms with van der Waals surface area (Å²) >= 11 is 0. The Kier molecular flexibility index (Phi) is 5.79. The molecule has 0 spiro atoms. The molecule has 0 bridgehead atoms. The minimum Gasteiger partial charge on any atom is -0.291 e. The van der Waals surface area contributed by atoms with E-state index in [0.717, 1.165) is 42.4 Å². The third kappa shape index (κ3) is 3.45. The zero-order chi connectivity index (χ0) is 21.0. The average molecular weight is 401 g/mol. The van der Waals surface area contributed by atoms with Gasteiger partial charge in [0.1, 0.15) is 0 Å². The fraction of sp³-hybridized carbons (Fsp3) is 0.926. The molecule has 0 heterocycles. The Balaban J connectivity index is 1.49.